The molecule has 4 unspecified atom stereocenters. The number of amides is 3. The minimum absolute atomic E-state index is 0.0163. The second-order valence-electron chi connectivity index (χ2n) is 6.52. The summed E-state index contributed by atoms with van der Waals surface area (Å²) in [6.45, 7) is 6.17. The van der Waals surface area contributed by atoms with Crippen molar-refractivity contribution in [1.82, 2.24) is 10.6 Å². The Bertz CT molecular complexity index is 375. The van der Waals surface area contributed by atoms with Crippen LogP contribution in [-0.4, -0.2) is 35.2 Å². The summed E-state index contributed by atoms with van der Waals surface area (Å²) < 4.78 is 0. The van der Waals surface area contributed by atoms with Crippen LogP contribution in [0.2, 0.25) is 0 Å². The molecule has 1 aliphatic rings. The van der Waals surface area contributed by atoms with Gasteiger partial charge in [-0.05, 0) is 24.7 Å². The first-order valence-electron chi connectivity index (χ1n) is 7.83. The van der Waals surface area contributed by atoms with E-state index >= 15 is 0 Å². The Kier molecular flexibility index (Phi) is 6.45. The highest BCUT2D eigenvalue weighted by Crippen LogP contribution is 2.31. The highest BCUT2D eigenvalue weighted by molar-refractivity contribution is 5.86. The second-order valence-corrected chi connectivity index (χ2v) is 6.52. The van der Waals surface area contributed by atoms with Crippen LogP contribution in [0.1, 0.15) is 52.9 Å². The SMILES string of the molecule is CCC(C)C(NC(N)=O)C(=O)NCC1(O)CCCC(C)C1. The molecule has 0 aromatic heterocycles. The first kappa shape index (κ1) is 17.8. The lowest BCUT2D eigenvalue weighted by atomic mass is 9.79. The molecule has 0 saturated heterocycles. The fourth-order valence-electron chi connectivity index (χ4n) is 3.01. The Morgan fingerprint density at radius 2 is 2.14 bits per heavy atom. The van der Waals surface area contributed by atoms with E-state index < -0.39 is 17.7 Å². The number of rotatable bonds is 6. The lowest BCUT2D eigenvalue weighted by Gasteiger charge is -2.36. The van der Waals surface area contributed by atoms with Gasteiger partial charge in [0.25, 0.3) is 0 Å². The average Bonchev–Trinajstić information content (AvgIpc) is 2.41. The van der Waals surface area contributed by atoms with Gasteiger partial charge in [0.15, 0.2) is 0 Å². The van der Waals surface area contributed by atoms with Crippen molar-refractivity contribution >= 4 is 11.9 Å². The summed E-state index contributed by atoms with van der Waals surface area (Å²) in [6.07, 6.45) is 4.25. The number of nitrogens with two attached hydrogens (primary N) is 1. The van der Waals surface area contributed by atoms with E-state index in [1.165, 1.54) is 0 Å². The van der Waals surface area contributed by atoms with Crippen LogP contribution in [0.5, 0.6) is 0 Å². The lowest BCUT2D eigenvalue weighted by molar-refractivity contribution is -0.125. The number of urea groups is 1. The highest BCUT2D eigenvalue weighted by Gasteiger charge is 2.34. The largest absolute Gasteiger partial charge is 0.388 e. The van der Waals surface area contributed by atoms with Crippen LogP contribution >= 0.6 is 0 Å². The molecule has 5 N–H and O–H groups in total. The Morgan fingerprint density at radius 1 is 1.48 bits per heavy atom. The van der Waals surface area contributed by atoms with Crippen molar-refractivity contribution in [3.8, 4) is 0 Å². The molecule has 0 aromatic carbocycles. The molecule has 0 aliphatic heterocycles. The normalized spacial score (nSPS) is 28.5. The Morgan fingerprint density at radius 3 is 2.67 bits per heavy atom. The van der Waals surface area contributed by atoms with Crippen molar-refractivity contribution in [2.24, 2.45) is 17.6 Å². The van der Waals surface area contributed by atoms with E-state index in [4.69, 9.17) is 5.73 Å². The maximum Gasteiger partial charge on any atom is 0.312 e. The molecule has 0 heterocycles. The third kappa shape index (κ3) is 5.53. The topological polar surface area (TPSA) is 104 Å². The third-order valence-electron chi connectivity index (χ3n) is 4.45. The molecule has 1 fully saturated rings. The zero-order valence-corrected chi connectivity index (χ0v) is 13.3. The standard InChI is InChI=1S/C15H29N3O3/c1-4-11(3)12(18-14(16)20)13(19)17-9-15(21)7-5-6-10(2)8-15/h10-12,21H,4-9H2,1-3H3,(H,17,19)(H3,16,18,20). The number of hydrogen-bond acceptors (Lipinski definition) is 3. The van der Waals surface area contributed by atoms with Gasteiger partial charge in [0, 0.05) is 6.54 Å². The van der Waals surface area contributed by atoms with Gasteiger partial charge in [-0.1, -0.05) is 40.0 Å². The van der Waals surface area contributed by atoms with E-state index in [2.05, 4.69) is 17.6 Å². The molecule has 0 aromatic rings. The summed E-state index contributed by atoms with van der Waals surface area (Å²) in [5.41, 5.74) is 4.29. The number of nitrogens with one attached hydrogen (secondary N) is 2. The maximum absolute atomic E-state index is 12.3. The van der Waals surface area contributed by atoms with Crippen molar-refractivity contribution < 1.29 is 14.7 Å². The fraction of sp³-hybridized carbons (Fsp3) is 0.867. The zero-order valence-electron chi connectivity index (χ0n) is 13.3. The van der Waals surface area contributed by atoms with Crippen LogP contribution in [0.4, 0.5) is 4.79 Å². The maximum atomic E-state index is 12.3. The molecule has 1 rings (SSSR count). The first-order chi connectivity index (χ1) is 9.77. The van der Waals surface area contributed by atoms with E-state index in [0.29, 0.717) is 18.8 Å². The van der Waals surface area contributed by atoms with Gasteiger partial charge in [0.1, 0.15) is 6.04 Å². The van der Waals surface area contributed by atoms with Gasteiger partial charge in [0.2, 0.25) is 5.91 Å². The predicted molar refractivity (Wildman–Crippen MR) is 81.6 cm³/mol. The van der Waals surface area contributed by atoms with E-state index in [0.717, 1.165) is 19.3 Å². The molecule has 6 heteroatoms. The predicted octanol–water partition coefficient (Wildman–Crippen LogP) is 1.13. The number of hydrogen-bond donors (Lipinski definition) is 4. The van der Waals surface area contributed by atoms with Crippen LogP contribution < -0.4 is 16.4 Å². The fourth-order valence-corrected chi connectivity index (χ4v) is 3.01. The molecule has 122 valence electrons. The highest BCUT2D eigenvalue weighted by atomic mass is 16.3. The molecule has 1 aliphatic carbocycles. The summed E-state index contributed by atoms with van der Waals surface area (Å²) in [6, 6.07) is -1.36. The molecule has 0 bridgehead atoms. The molecule has 21 heavy (non-hydrogen) atoms. The van der Waals surface area contributed by atoms with Crippen molar-refractivity contribution in [3.05, 3.63) is 0 Å². The molecule has 1 saturated carbocycles. The van der Waals surface area contributed by atoms with Crippen molar-refractivity contribution in [2.75, 3.05) is 6.54 Å². The zero-order chi connectivity index (χ0) is 16.0. The smallest absolute Gasteiger partial charge is 0.312 e. The Hall–Kier alpha value is -1.30. The van der Waals surface area contributed by atoms with Crippen molar-refractivity contribution in [2.45, 2.75) is 64.5 Å². The summed E-state index contributed by atoms with van der Waals surface area (Å²) in [5.74, 6) is 0.169. The minimum atomic E-state index is -0.833. The van der Waals surface area contributed by atoms with Crippen LogP contribution in [0.3, 0.4) is 0 Å². The average molecular weight is 299 g/mol. The molecular formula is C15H29N3O3. The van der Waals surface area contributed by atoms with Gasteiger partial charge >= 0.3 is 6.03 Å². The van der Waals surface area contributed by atoms with E-state index in [9.17, 15) is 14.7 Å². The number of carbonyl (C=O) groups excluding carboxylic acids is 2. The van der Waals surface area contributed by atoms with E-state index in [1.807, 2.05) is 13.8 Å². The van der Waals surface area contributed by atoms with Crippen LogP contribution in [0.25, 0.3) is 0 Å². The molecule has 0 radical (unpaired) electrons. The van der Waals surface area contributed by atoms with E-state index in [-0.39, 0.29) is 18.4 Å². The summed E-state index contributed by atoms with van der Waals surface area (Å²) in [4.78, 5) is 23.3. The van der Waals surface area contributed by atoms with E-state index in [1.54, 1.807) is 0 Å². The third-order valence-corrected chi connectivity index (χ3v) is 4.45. The van der Waals surface area contributed by atoms with Crippen molar-refractivity contribution in [3.63, 3.8) is 0 Å². The molecule has 4 atom stereocenters. The number of primary amides is 1. The molecular weight excluding hydrogens is 270 g/mol. The van der Waals surface area contributed by atoms with Gasteiger partial charge < -0.3 is 21.5 Å². The summed E-state index contributed by atoms with van der Waals surface area (Å²) in [5, 5.41) is 15.8. The molecule has 0 spiro atoms. The second kappa shape index (κ2) is 7.64. The first-order valence-corrected chi connectivity index (χ1v) is 7.83. The van der Waals surface area contributed by atoms with Crippen LogP contribution in [-0.2, 0) is 4.79 Å². The Balaban J connectivity index is 2.58. The van der Waals surface area contributed by atoms with Gasteiger partial charge in [-0.3, -0.25) is 4.79 Å². The monoisotopic (exact) mass is 299 g/mol. The lowest BCUT2D eigenvalue weighted by Crippen LogP contribution is -2.55. The number of carbonyl (C=O) groups is 2. The Labute approximate surface area is 126 Å². The molecule has 6 nitrogen and oxygen atoms in total. The summed E-state index contributed by atoms with van der Waals surface area (Å²) >= 11 is 0. The van der Waals surface area contributed by atoms with Crippen LogP contribution in [0, 0.1) is 11.8 Å². The minimum Gasteiger partial charge on any atom is -0.388 e. The van der Waals surface area contributed by atoms with Gasteiger partial charge in [-0.2, -0.15) is 0 Å². The van der Waals surface area contributed by atoms with Crippen LogP contribution in [0.15, 0.2) is 0 Å². The molecule has 3 amide bonds. The quantitative estimate of drug-likeness (QED) is 0.591. The van der Waals surface area contributed by atoms with Gasteiger partial charge in [-0.25, -0.2) is 4.79 Å². The van der Waals surface area contributed by atoms with Gasteiger partial charge in [-0.15, -0.1) is 0 Å². The van der Waals surface area contributed by atoms with Gasteiger partial charge in [0.05, 0.1) is 5.60 Å². The van der Waals surface area contributed by atoms with Crippen molar-refractivity contribution in [1.29, 1.82) is 0 Å². The summed E-state index contributed by atoms with van der Waals surface area (Å²) in [7, 11) is 0. The number of aliphatic hydroxyl groups is 1.